The summed E-state index contributed by atoms with van der Waals surface area (Å²) in [6.07, 6.45) is 0. The number of hydrogen-bond donors (Lipinski definition) is 1. The first-order valence-electron chi connectivity index (χ1n) is 2.93. The number of nitrogens with zero attached hydrogens (tertiary/aromatic N) is 1. The fourth-order valence-corrected chi connectivity index (χ4v) is 1.85. The molecule has 1 aliphatic heterocycles. The van der Waals surface area contributed by atoms with Crippen molar-refractivity contribution in [2.75, 3.05) is 18.8 Å². The normalized spacial score (nSPS) is 18.7. The predicted octanol–water partition coefficient (Wildman–Crippen LogP) is -0.195. The average molecular weight is 176 g/mol. The largest absolute Gasteiger partial charge is 0.329 e. The summed E-state index contributed by atoms with van der Waals surface area (Å²) in [5.41, 5.74) is 5.27. The lowest BCUT2D eigenvalue weighted by molar-refractivity contribution is -0.123. The van der Waals surface area contributed by atoms with Gasteiger partial charge >= 0.3 is 0 Å². The van der Waals surface area contributed by atoms with Gasteiger partial charge in [-0.1, -0.05) is 24.0 Å². The van der Waals surface area contributed by atoms with E-state index in [2.05, 4.69) is 0 Å². The molecule has 0 aromatic heterocycles. The monoisotopic (exact) mass is 176 g/mol. The quantitative estimate of drug-likeness (QED) is 0.592. The number of hydrogen-bond acceptors (Lipinski definition) is 4. The van der Waals surface area contributed by atoms with Gasteiger partial charge < -0.3 is 5.73 Å². The van der Waals surface area contributed by atoms with E-state index in [0.29, 0.717) is 23.2 Å². The highest BCUT2D eigenvalue weighted by Crippen LogP contribution is 2.17. The Bertz CT molecular complexity index is 155. The van der Waals surface area contributed by atoms with E-state index in [4.69, 9.17) is 18.0 Å². The summed E-state index contributed by atoms with van der Waals surface area (Å²) in [6.45, 7) is 1.04. The summed E-state index contributed by atoms with van der Waals surface area (Å²) in [4.78, 5) is 12.5. The van der Waals surface area contributed by atoms with Crippen LogP contribution in [-0.4, -0.2) is 34.0 Å². The van der Waals surface area contributed by atoms with Gasteiger partial charge in [-0.05, 0) is 0 Å². The smallest absolute Gasteiger partial charge is 0.238 e. The minimum Gasteiger partial charge on any atom is -0.329 e. The summed E-state index contributed by atoms with van der Waals surface area (Å²) < 4.78 is 0.662. The lowest BCUT2D eigenvalue weighted by Crippen LogP contribution is -2.33. The van der Waals surface area contributed by atoms with E-state index >= 15 is 0 Å². The molecular weight excluding hydrogens is 168 g/mol. The number of thioether (sulfide) groups is 1. The standard InChI is InChI=1S/C5H8N2OS2/c6-1-2-7-4(8)3-10-5(7)9/h1-3,6H2. The molecule has 2 N–H and O–H groups in total. The average Bonchev–Trinajstić information content (AvgIpc) is 2.20. The van der Waals surface area contributed by atoms with Gasteiger partial charge in [0.15, 0.2) is 0 Å². The third-order valence-corrected chi connectivity index (χ3v) is 2.63. The molecule has 1 rings (SSSR count). The molecule has 0 unspecified atom stereocenters. The summed E-state index contributed by atoms with van der Waals surface area (Å²) in [7, 11) is 0. The Morgan fingerprint density at radius 3 is 2.90 bits per heavy atom. The van der Waals surface area contributed by atoms with Crippen LogP contribution in [0.5, 0.6) is 0 Å². The summed E-state index contributed by atoms with van der Waals surface area (Å²) in [5, 5.41) is 0. The molecule has 1 amide bonds. The molecule has 5 heteroatoms. The number of nitrogens with two attached hydrogens (primary N) is 1. The Morgan fingerprint density at radius 1 is 1.80 bits per heavy atom. The van der Waals surface area contributed by atoms with Crippen molar-refractivity contribution in [1.29, 1.82) is 0 Å². The van der Waals surface area contributed by atoms with Gasteiger partial charge in [0.1, 0.15) is 4.32 Å². The first kappa shape index (κ1) is 7.97. The molecule has 1 aliphatic rings. The molecule has 0 saturated carbocycles. The molecule has 1 fully saturated rings. The Kier molecular flexibility index (Phi) is 2.64. The Balaban J connectivity index is 2.54. The Morgan fingerprint density at radius 2 is 2.50 bits per heavy atom. The van der Waals surface area contributed by atoms with Gasteiger partial charge in [-0.3, -0.25) is 9.69 Å². The molecule has 0 bridgehead atoms. The van der Waals surface area contributed by atoms with Crippen LogP contribution in [0.25, 0.3) is 0 Å². The topological polar surface area (TPSA) is 46.3 Å². The van der Waals surface area contributed by atoms with Crippen molar-refractivity contribution in [3.8, 4) is 0 Å². The van der Waals surface area contributed by atoms with Gasteiger partial charge in [-0.15, -0.1) is 0 Å². The van der Waals surface area contributed by atoms with E-state index in [1.807, 2.05) is 0 Å². The maximum atomic E-state index is 10.9. The van der Waals surface area contributed by atoms with Crippen molar-refractivity contribution in [3.05, 3.63) is 0 Å². The highest BCUT2D eigenvalue weighted by atomic mass is 32.2. The van der Waals surface area contributed by atoms with E-state index in [1.54, 1.807) is 4.90 Å². The van der Waals surface area contributed by atoms with Crippen LogP contribution in [0.15, 0.2) is 0 Å². The number of rotatable bonds is 2. The van der Waals surface area contributed by atoms with Gasteiger partial charge in [0.05, 0.1) is 5.75 Å². The molecule has 10 heavy (non-hydrogen) atoms. The second-order valence-corrected chi connectivity index (χ2v) is 3.50. The molecule has 0 aliphatic carbocycles. The molecule has 3 nitrogen and oxygen atoms in total. The molecule has 56 valence electrons. The predicted molar refractivity (Wildman–Crippen MR) is 45.8 cm³/mol. The zero-order chi connectivity index (χ0) is 7.56. The summed E-state index contributed by atoms with van der Waals surface area (Å²) in [6, 6.07) is 0. The van der Waals surface area contributed by atoms with E-state index in [-0.39, 0.29) is 5.91 Å². The highest BCUT2D eigenvalue weighted by Gasteiger charge is 2.25. The highest BCUT2D eigenvalue weighted by molar-refractivity contribution is 8.23. The van der Waals surface area contributed by atoms with Crippen LogP contribution in [0.1, 0.15) is 0 Å². The van der Waals surface area contributed by atoms with E-state index < -0.39 is 0 Å². The van der Waals surface area contributed by atoms with Crippen LogP contribution < -0.4 is 5.73 Å². The number of carbonyl (C=O) groups is 1. The maximum Gasteiger partial charge on any atom is 0.238 e. The molecule has 0 radical (unpaired) electrons. The van der Waals surface area contributed by atoms with Gasteiger partial charge in [0.2, 0.25) is 5.91 Å². The molecule has 1 saturated heterocycles. The van der Waals surface area contributed by atoms with E-state index in [9.17, 15) is 4.79 Å². The number of carbonyl (C=O) groups excluding carboxylic acids is 1. The van der Waals surface area contributed by atoms with Gasteiger partial charge in [0, 0.05) is 13.1 Å². The third kappa shape index (κ3) is 1.47. The zero-order valence-electron chi connectivity index (χ0n) is 5.37. The van der Waals surface area contributed by atoms with Crippen molar-refractivity contribution in [2.45, 2.75) is 0 Å². The Hall–Kier alpha value is -0.130. The number of thiocarbonyl (C=S) groups is 1. The molecule has 1 heterocycles. The summed E-state index contributed by atoms with van der Waals surface area (Å²) in [5.74, 6) is 0.569. The van der Waals surface area contributed by atoms with Gasteiger partial charge in [-0.25, -0.2) is 0 Å². The van der Waals surface area contributed by atoms with Crippen molar-refractivity contribution in [3.63, 3.8) is 0 Å². The van der Waals surface area contributed by atoms with Crippen molar-refractivity contribution in [2.24, 2.45) is 5.73 Å². The minimum atomic E-state index is 0.0838. The minimum absolute atomic E-state index is 0.0838. The lowest BCUT2D eigenvalue weighted by atomic mass is 10.5. The van der Waals surface area contributed by atoms with Crippen LogP contribution in [0.3, 0.4) is 0 Å². The molecular formula is C5H8N2OS2. The second-order valence-electron chi connectivity index (χ2n) is 1.89. The fourth-order valence-electron chi connectivity index (χ4n) is 0.726. The molecule has 0 atom stereocenters. The van der Waals surface area contributed by atoms with E-state index in [0.717, 1.165) is 0 Å². The van der Waals surface area contributed by atoms with Crippen LogP contribution in [0.2, 0.25) is 0 Å². The van der Waals surface area contributed by atoms with Crippen LogP contribution in [0, 0.1) is 0 Å². The van der Waals surface area contributed by atoms with Gasteiger partial charge in [0.25, 0.3) is 0 Å². The SMILES string of the molecule is NCCN1C(=O)CSC1=S. The molecule has 0 aromatic carbocycles. The molecule has 0 spiro atoms. The lowest BCUT2D eigenvalue weighted by Gasteiger charge is -2.11. The zero-order valence-corrected chi connectivity index (χ0v) is 7.00. The van der Waals surface area contributed by atoms with Crippen LogP contribution in [0.4, 0.5) is 0 Å². The van der Waals surface area contributed by atoms with Crippen LogP contribution >= 0.6 is 24.0 Å². The van der Waals surface area contributed by atoms with Crippen molar-refractivity contribution >= 4 is 34.2 Å². The fraction of sp³-hybridized carbons (Fsp3) is 0.600. The first-order chi connectivity index (χ1) is 4.75. The van der Waals surface area contributed by atoms with Crippen LogP contribution in [-0.2, 0) is 4.79 Å². The maximum absolute atomic E-state index is 10.9. The summed E-state index contributed by atoms with van der Waals surface area (Å²) >= 11 is 6.30. The second kappa shape index (κ2) is 3.32. The number of amides is 1. The molecule has 0 aromatic rings. The first-order valence-corrected chi connectivity index (χ1v) is 4.32. The third-order valence-electron chi connectivity index (χ3n) is 1.19. The van der Waals surface area contributed by atoms with E-state index in [1.165, 1.54) is 11.8 Å². The van der Waals surface area contributed by atoms with Crippen molar-refractivity contribution < 1.29 is 4.79 Å². The van der Waals surface area contributed by atoms with Crippen molar-refractivity contribution in [1.82, 2.24) is 4.90 Å². The van der Waals surface area contributed by atoms with Gasteiger partial charge in [-0.2, -0.15) is 0 Å². The Labute approximate surface area is 68.9 Å².